The van der Waals surface area contributed by atoms with Gasteiger partial charge in [0.2, 0.25) is 5.69 Å². The van der Waals surface area contributed by atoms with E-state index in [9.17, 15) is 14.7 Å². The number of fused-ring (bicyclic) bond motifs is 1. The van der Waals surface area contributed by atoms with Crippen LogP contribution >= 0.6 is 11.8 Å². The fourth-order valence-electron chi connectivity index (χ4n) is 5.26. The molecule has 2 aliphatic rings. The Kier molecular flexibility index (Phi) is 9.88. The normalized spacial score (nSPS) is 22.8. The van der Waals surface area contributed by atoms with E-state index in [1.54, 1.807) is 34.6 Å². The lowest BCUT2D eigenvalue weighted by atomic mass is 9.84. The number of ether oxygens (including phenoxy) is 2. The van der Waals surface area contributed by atoms with Gasteiger partial charge >= 0.3 is 12.1 Å². The number of thioether (sulfide) groups is 1. The summed E-state index contributed by atoms with van der Waals surface area (Å²) in [7, 11) is -1.45. The topological polar surface area (TPSA) is 106 Å². The number of aryl methyl sites for hydroxylation is 1. The molecule has 1 fully saturated rings. The summed E-state index contributed by atoms with van der Waals surface area (Å²) in [6.45, 7) is 22.3. The zero-order valence-electron chi connectivity index (χ0n) is 27.4. The Morgan fingerprint density at radius 1 is 1.28 bits per heavy atom. The molecule has 4 rings (SSSR count). The minimum Gasteiger partial charge on any atom is -0.480 e. The Balaban J connectivity index is 1.77. The number of carbonyl (C=O) groups excluding carboxylic acids is 1. The highest BCUT2D eigenvalue weighted by Gasteiger charge is 2.72. The smallest absolute Gasteiger partial charge is 0.418 e. The molecule has 9 nitrogen and oxygen atoms in total. The summed E-state index contributed by atoms with van der Waals surface area (Å²) >= 11 is 0.942. The number of carbonyl (C=O) groups is 2. The van der Waals surface area contributed by atoms with Crippen molar-refractivity contribution in [2.75, 3.05) is 13.3 Å². The third kappa shape index (κ3) is 7.67. The number of aliphatic imine (C=N–C) groups is 1. The minimum atomic E-state index is -1.45. The molecule has 0 bridgehead atoms. The van der Waals surface area contributed by atoms with Gasteiger partial charge in [-0.05, 0) is 82.5 Å². The van der Waals surface area contributed by atoms with Gasteiger partial charge in [-0.1, -0.05) is 37.5 Å². The van der Waals surface area contributed by atoms with Crippen LogP contribution in [0, 0.1) is 25.2 Å². The number of pyridine rings is 1. The van der Waals surface area contributed by atoms with Gasteiger partial charge in [0.25, 0.3) is 0 Å². The number of halogens is 2. The van der Waals surface area contributed by atoms with Crippen LogP contribution in [0.4, 0.5) is 19.3 Å². The molecule has 1 saturated carbocycles. The molecule has 1 aromatic carbocycles. The molecule has 0 radical (unpaired) electrons. The molecule has 0 saturated heterocycles. The molecule has 1 aliphatic carbocycles. The van der Waals surface area contributed by atoms with Gasteiger partial charge in [0, 0.05) is 32.4 Å². The number of carboxylic acids is 1. The summed E-state index contributed by atoms with van der Waals surface area (Å²) in [4.78, 5) is 39.6. The lowest BCUT2D eigenvalue weighted by Gasteiger charge is -2.37. The van der Waals surface area contributed by atoms with Crippen molar-refractivity contribution in [1.82, 2.24) is 9.88 Å². The summed E-state index contributed by atoms with van der Waals surface area (Å²) in [5, 5.41) is 10.4. The molecule has 2 heterocycles. The van der Waals surface area contributed by atoms with Crippen molar-refractivity contribution < 1.29 is 33.0 Å². The number of aliphatic carboxylic acids is 1. The van der Waals surface area contributed by atoms with Crippen LogP contribution < -0.4 is 0 Å². The lowest BCUT2D eigenvalue weighted by Crippen LogP contribution is -2.47. The quantitative estimate of drug-likeness (QED) is 0.124. The number of hydrogen-bond acceptors (Lipinski definition) is 7. The number of nitrogens with zero attached hydrogens (tertiary/aromatic N) is 4. The molecule has 46 heavy (non-hydrogen) atoms. The molecule has 1 amide bonds. The van der Waals surface area contributed by atoms with Gasteiger partial charge in [0.15, 0.2) is 5.17 Å². The van der Waals surface area contributed by atoms with Crippen LogP contribution in [0.15, 0.2) is 35.5 Å². The first-order chi connectivity index (χ1) is 21.3. The van der Waals surface area contributed by atoms with Gasteiger partial charge in [-0.3, -0.25) is 14.8 Å². The summed E-state index contributed by atoms with van der Waals surface area (Å²) in [6.07, 6.45) is 1.90. The number of aromatic nitrogens is 1. The van der Waals surface area contributed by atoms with Crippen molar-refractivity contribution in [1.29, 1.82) is 0 Å². The zero-order chi connectivity index (χ0) is 34.2. The van der Waals surface area contributed by atoms with Gasteiger partial charge in [0.1, 0.15) is 28.7 Å². The Bertz CT molecular complexity index is 1650. The average Bonchev–Trinajstić information content (AvgIpc) is 3.69. The van der Waals surface area contributed by atoms with Gasteiger partial charge in [-0.25, -0.2) is 23.3 Å². The third-order valence-electron chi connectivity index (χ3n) is 7.86. The van der Waals surface area contributed by atoms with Crippen molar-refractivity contribution in [3.8, 4) is 0 Å². The molecule has 0 unspecified atom stereocenters. The summed E-state index contributed by atoms with van der Waals surface area (Å²) in [5.41, 5.74) is -1.11. The number of benzene rings is 1. The second-order valence-electron chi connectivity index (χ2n) is 14.1. The fraction of sp³-hybridized carbons (Fsp3) is 0.485. The van der Waals surface area contributed by atoms with Crippen molar-refractivity contribution in [3.63, 3.8) is 0 Å². The van der Waals surface area contributed by atoms with Crippen LogP contribution in [0.25, 0.3) is 16.7 Å². The molecular formula is C33H40F2N4O5SSi. The Labute approximate surface area is 273 Å². The monoisotopic (exact) mass is 670 g/mol. The number of amidine groups is 1. The molecule has 1 N–H and O–H groups in total. The molecule has 0 spiro atoms. The molecule has 1 aromatic heterocycles. The van der Waals surface area contributed by atoms with E-state index < -0.39 is 53.6 Å². The predicted octanol–water partition coefficient (Wildman–Crippen LogP) is 8.26. The summed E-state index contributed by atoms with van der Waals surface area (Å²) in [6, 6.07) is 6.41. The average molecular weight is 671 g/mol. The van der Waals surface area contributed by atoms with Crippen molar-refractivity contribution >= 4 is 54.7 Å². The predicted molar refractivity (Wildman–Crippen MR) is 179 cm³/mol. The minimum absolute atomic E-state index is 0.0483. The number of hydrogen-bond donors (Lipinski definition) is 1. The first-order valence-corrected chi connectivity index (χ1v) is 19.4. The molecule has 1 aliphatic heterocycles. The number of rotatable bonds is 9. The van der Waals surface area contributed by atoms with Gasteiger partial charge in [0.05, 0.1) is 17.8 Å². The van der Waals surface area contributed by atoms with Crippen molar-refractivity contribution in [2.45, 2.75) is 82.6 Å². The SMILES string of the molecule is [C-]#[N+]c1cnc(/C(F)=C/c2ccc(F)c([C@@]3(C)N=C(N(COCC[Si](C)(C)C)C(=O)OC(C)(C)C)S[C@@]4(C(=O)O)C[C@H]43)c2)c(C)c1. The fourth-order valence-corrected chi connectivity index (χ4v) is 7.52. The molecule has 3 atom stereocenters. The van der Waals surface area contributed by atoms with Crippen LogP contribution in [0.3, 0.4) is 0 Å². The van der Waals surface area contributed by atoms with Gasteiger partial charge in [-0.15, -0.1) is 0 Å². The van der Waals surface area contributed by atoms with Crippen LogP contribution in [-0.4, -0.2) is 64.0 Å². The molecule has 2 aromatic rings. The van der Waals surface area contributed by atoms with E-state index in [-0.39, 0.29) is 35.3 Å². The van der Waals surface area contributed by atoms with E-state index >= 15 is 8.78 Å². The van der Waals surface area contributed by atoms with E-state index in [2.05, 4.69) is 29.5 Å². The van der Waals surface area contributed by atoms with E-state index in [1.165, 1.54) is 41.4 Å². The second kappa shape index (κ2) is 12.9. The molecular weight excluding hydrogens is 631 g/mol. The number of carboxylic acid groups (broad SMARTS) is 1. The van der Waals surface area contributed by atoms with E-state index in [0.29, 0.717) is 17.7 Å². The van der Waals surface area contributed by atoms with Crippen molar-refractivity contribution in [2.24, 2.45) is 10.9 Å². The first-order valence-electron chi connectivity index (χ1n) is 14.9. The Morgan fingerprint density at radius 3 is 2.57 bits per heavy atom. The highest BCUT2D eigenvalue weighted by Crippen LogP contribution is 2.66. The maximum atomic E-state index is 15.7. The largest absolute Gasteiger partial charge is 0.480 e. The highest BCUT2D eigenvalue weighted by atomic mass is 32.2. The lowest BCUT2D eigenvalue weighted by molar-refractivity contribution is -0.137. The van der Waals surface area contributed by atoms with Crippen molar-refractivity contribution in [3.05, 3.63) is 70.1 Å². The zero-order valence-corrected chi connectivity index (χ0v) is 29.2. The van der Waals surface area contributed by atoms with Crippen LogP contribution in [-0.2, 0) is 19.8 Å². The second-order valence-corrected chi connectivity index (χ2v) is 21.0. The van der Waals surface area contributed by atoms with E-state index in [1.807, 2.05) is 0 Å². The van der Waals surface area contributed by atoms with E-state index in [0.717, 1.165) is 17.8 Å². The Hall–Kier alpha value is -3.60. The maximum Gasteiger partial charge on any atom is 0.418 e. The highest BCUT2D eigenvalue weighted by molar-refractivity contribution is 8.15. The van der Waals surface area contributed by atoms with Crippen LogP contribution in [0.2, 0.25) is 25.7 Å². The van der Waals surface area contributed by atoms with E-state index in [4.69, 9.17) is 21.0 Å². The summed E-state index contributed by atoms with van der Waals surface area (Å²) < 4.78 is 41.3. The third-order valence-corrected chi connectivity index (χ3v) is 11.1. The van der Waals surface area contributed by atoms with Crippen LogP contribution in [0.1, 0.15) is 56.5 Å². The standard InChI is InChI=1S/C33H40F2N4O5SSi/c1-20-14-22(36-6)18-37-27(20)25(35)16-21-10-11-24(34)23(15-21)32(5)26-17-33(26,28(40)41)45-29(38-32)39(30(42)44-31(2,3)4)19-43-12-13-46(7,8)9/h10-11,14-16,18,26H,12-13,17,19H2,1-5,7-9H3,(H,40,41)/b25-16-/t26-,32+,33-/m0/s1. The Morgan fingerprint density at radius 2 is 1.98 bits per heavy atom. The number of amides is 1. The first kappa shape index (κ1) is 35.3. The maximum absolute atomic E-state index is 15.7. The molecule has 246 valence electrons. The van der Waals surface area contributed by atoms with Gasteiger partial charge < -0.3 is 14.6 Å². The van der Waals surface area contributed by atoms with Gasteiger partial charge in [-0.2, -0.15) is 0 Å². The van der Waals surface area contributed by atoms with Crippen LogP contribution in [0.5, 0.6) is 0 Å². The molecule has 13 heteroatoms. The summed E-state index contributed by atoms with van der Waals surface area (Å²) in [5.74, 6) is -3.04.